The van der Waals surface area contributed by atoms with Crippen LogP contribution in [0.15, 0.2) is 0 Å². The number of hydrogen-bond acceptors (Lipinski definition) is 2. The SMILES string of the molecule is CCC1CCC(NCC(C)(O)CC(C)C)CC1. The molecule has 1 rings (SSSR count). The summed E-state index contributed by atoms with van der Waals surface area (Å²) in [4.78, 5) is 0. The van der Waals surface area contributed by atoms with Gasteiger partial charge in [0, 0.05) is 12.6 Å². The summed E-state index contributed by atoms with van der Waals surface area (Å²) in [6, 6.07) is 0.636. The van der Waals surface area contributed by atoms with Crippen molar-refractivity contribution in [2.45, 2.75) is 77.9 Å². The number of aliphatic hydroxyl groups is 1. The van der Waals surface area contributed by atoms with Crippen molar-refractivity contribution in [2.75, 3.05) is 6.54 Å². The zero-order valence-corrected chi connectivity index (χ0v) is 12.1. The van der Waals surface area contributed by atoms with Gasteiger partial charge < -0.3 is 10.4 Å². The van der Waals surface area contributed by atoms with E-state index < -0.39 is 5.60 Å². The maximum Gasteiger partial charge on any atom is 0.0746 e. The quantitative estimate of drug-likeness (QED) is 0.747. The van der Waals surface area contributed by atoms with Crippen molar-refractivity contribution < 1.29 is 5.11 Å². The summed E-state index contributed by atoms with van der Waals surface area (Å²) >= 11 is 0. The molecule has 0 spiro atoms. The molecule has 0 amide bonds. The highest BCUT2D eigenvalue weighted by molar-refractivity contribution is 4.82. The van der Waals surface area contributed by atoms with E-state index in [9.17, 15) is 5.11 Å². The molecule has 0 heterocycles. The lowest BCUT2D eigenvalue weighted by atomic mass is 9.84. The van der Waals surface area contributed by atoms with Crippen LogP contribution in [0.1, 0.15) is 66.2 Å². The average Bonchev–Trinajstić information content (AvgIpc) is 2.25. The molecule has 1 unspecified atom stereocenters. The standard InChI is InChI=1S/C15H31NO/c1-5-13-6-8-14(9-7-13)16-11-15(4,17)10-12(2)3/h12-14,16-17H,5-11H2,1-4H3. The average molecular weight is 241 g/mol. The Kier molecular flexibility index (Phi) is 5.94. The summed E-state index contributed by atoms with van der Waals surface area (Å²) in [5, 5.41) is 13.8. The molecule has 1 atom stereocenters. The van der Waals surface area contributed by atoms with Crippen LogP contribution in [0.3, 0.4) is 0 Å². The van der Waals surface area contributed by atoms with Crippen LogP contribution in [-0.4, -0.2) is 23.3 Å². The smallest absolute Gasteiger partial charge is 0.0746 e. The van der Waals surface area contributed by atoms with Gasteiger partial charge in [-0.15, -0.1) is 0 Å². The van der Waals surface area contributed by atoms with E-state index >= 15 is 0 Å². The molecular formula is C15H31NO. The fourth-order valence-electron chi connectivity index (χ4n) is 3.09. The van der Waals surface area contributed by atoms with Crippen molar-refractivity contribution in [2.24, 2.45) is 11.8 Å². The van der Waals surface area contributed by atoms with Crippen LogP contribution in [0.5, 0.6) is 0 Å². The Balaban J connectivity index is 2.22. The van der Waals surface area contributed by atoms with Crippen LogP contribution in [-0.2, 0) is 0 Å². The third-order valence-electron chi connectivity index (χ3n) is 4.04. The molecule has 0 aromatic rings. The second kappa shape index (κ2) is 6.75. The number of nitrogens with one attached hydrogen (secondary N) is 1. The minimum atomic E-state index is -0.546. The predicted molar refractivity (Wildman–Crippen MR) is 74.1 cm³/mol. The first-order valence-electron chi connectivity index (χ1n) is 7.38. The van der Waals surface area contributed by atoms with Gasteiger partial charge in [0.2, 0.25) is 0 Å². The van der Waals surface area contributed by atoms with Crippen molar-refractivity contribution in [3.05, 3.63) is 0 Å². The minimum Gasteiger partial charge on any atom is -0.389 e. The van der Waals surface area contributed by atoms with Gasteiger partial charge in [0.05, 0.1) is 5.60 Å². The largest absolute Gasteiger partial charge is 0.389 e. The molecule has 2 nitrogen and oxygen atoms in total. The summed E-state index contributed by atoms with van der Waals surface area (Å²) in [7, 11) is 0. The van der Waals surface area contributed by atoms with Gasteiger partial charge in [0.1, 0.15) is 0 Å². The first-order valence-corrected chi connectivity index (χ1v) is 7.38. The Bertz CT molecular complexity index is 205. The monoisotopic (exact) mass is 241 g/mol. The second-order valence-electron chi connectivity index (χ2n) is 6.60. The molecule has 1 aliphatic carbocycles. The molecule has 2 heteroatoms. The molecule has 1 fully saturated rings. The van der Waals surface area contributed by atoms with Crippen LogP contribution in [0.4, 0.5) is 0 Å². The molecule has 1 saturated carbocycles. The molecule has 1 aliphatic rings. The van der Waals surface area contributed by atoms with Crippen LogP contribution in [0.25, 0.3) is 0 Å². The van der Waals surface area contributed by atoms with Gasteiger partial charge >= 0.3 is 0 Å². The zero-order chi connectivity index (χ0) is 12.9. The van der Waals surface area contributed by atoms with Gasteiger partial charge in [-0.2, -0.15) is 0 Å². The van der Waals surface area contributed by atoms with E-state index in [1.165, 1.54) is 32.1 Å². The summed E-state index contributed by atoms with van der Waals surface area (Å²) < 4.78 is 0. The van der Waals surface area contributed by atoms with E-state index in [1.807, 2.05) is 6.92 Å². The molecule has 0 aliphatic heterocycles. The lowest BCUT2D eigenvalue weighted by molar-refractivity contribution is 0.0340. The summed E-state index contributed by atoms with van der Waals surface area (Å²) in [6.07, 6.45) is 7.51. The van der Waals surface area contributed by atoms with E-state index in [1.54, 1.807) is 0 Å². The molecule has 0 aromatic carbocycles. The first kappa shape index (κ1) is 15.0. The Morgan fingerprint density at radius 2 is 1.82 bits per heavy atom. The van der Waals surface area contributed by atoms with Crippen LogP contribution >= 0.6 is 0 Å². The molecule has 2 N–H and O–H groups in total. The van der Waals surface area contributed by atoms with E-state index in [0.717, 1.165) is 18.9 Å². The van der Waals surface area contributed by atoms with Gasteiger partial charge in [0.25, 0.3) is 0 Å². The highest BCUT2D eigenvalue weighted by Crippen LogP contribution is 2.26. The van der Waals surface area contributed by atoms with E-state index in [-0.39, 0.29) is 0 Å². The molecule has 0 saturated heterocycles. The summed E-state index contributed by atoms with van der Waals surface area (Å²) in [5.41, 5.74) is -0.546. The first-order chi connectivity index (χ1) is 7.93. The fourth-order valence-corrected chi connectivity index (χ4v) is 3.09. The Hall–Kier alpha value is -0.0800. The highest BCUT2D eigenvalue weighted by atomic mass is 16.3. The van der Waals surface area contributed by atoms with Gasteiger partial charge in [-0.25, -0.2) is 0 Å². The van der Waals surface area contributed by atoms with E-state index in [0.29, 0.717) is 12.0 Å². The molecular weight excluding hydrogens is 210 g/mol. The minimum absolute atomic E-state index is 0.546. The highest BCUT2D eigenvalue weighted by Gasteiger charge is 2.25. The summed E-state index contributed by atoms with van der Waals surface area (Å²) in [6.45, 7) is 9.33. The fraction of sp³-hybridized carbons (Fsp3) is 1.00. The molecule has 17 heavy (non-hydrogen) atoms. The van der Waals surface area contributed by atoms with Gasteiger partial charge in [0.15, 0.2) is 0 Å². The van der Waals surface area contributed by atoms with Crippen LogP contribution < -0.4 is 5.32 Å². The maximum absolute atomic E-state index is 10.3. The normalized spacial score (nSPS) is 29.3. The Morgan fingerprint density at radius 1 is 1.24 bits per heavy atom. The van der Waals surface area contributed by atoms with Gasteiger partial charge in [-0.05, 0) is 50.9 Å². The Morgan fingerprint density at radius 3 is 2.29 bits per heavy atom. The lowest BCUT2D eigenvalue weighted by Gasteiger charge is -2.32. The number of hydrogen-bond donors (Lipinski definition) is 2. The van der Waals surface area contributed by atoms with Crippen molar-refractivity contribution in [1.82, 2.24) is 5.32 Å². The third kappa shape index (κ3) is 5.87. The maximum atomic E-state index is 10.3. The zero-order valence-electron chi connectivity index (χ0n) is 12.1. The molecule has 0 bridgehead atoms. The van der Waals surface area contributed by atoms with E-state index in [2.05, 4.69) is 26.1 Å². The molecule has 0 aromatic heterocycles. The van der Waals surface area contributed by atoms with Crippen molar-refractivity contribution >= 4 is 0 Å². The summed E-state index contributed by atoms with van der Waals surface area (Å²) in [5.74, 6) is 1.51. The second-order valence-corrected chi connectivity index (χ2v) is 6.60. The van der Waals surface area contributed by atoms with Crippen molar-refractivity contribution in [1.29, 1.82) is 0 Å². The van der Waals surface area contributed by atoms with Crippen LogP contribution in [0.2, 0.25) is 0 Å². The van der Waals surface area contributed by atoms with Crippen molar-refractivity contribution in [3.63, 3.8) is 0 Å². The predicted octanol–water partition coefficient (Wildman–Crippen LogP) is 3.34. The molecule has 0 radical (unpaired) electrons. The van der Waals surface area contributed by atoms with E-state index in [4.69, 9.17) is 0 Å². The molecule has 102 valence electrons. The topological polar surface area (TPSA) is 32.3 Å². The lowest BCUT2D eigenvalue weighted by Crippen LogP contribution is -2.44. The Labute approximate surface area is 107 Å². The third-order valence-corrected chi connectivity index (χ3v) is 4.04. The van der Waals surface area contributed by atoms with Gasteiger partial charge in [-0.1, -0.05) is 27.2 Å². The van der Waals surface area contributed by atoms with Crippen LogP contribution in [0, 0.1) is 11.8 Å². The van der Waals surface area contributed by atoms with Crippen molar-refractivity contribution in [3.8, 4) is 0 Å². The number of rotatable bonds is 6. The van der Waals surface area contributed by atoms with Gasteiger partial charge in [-0.3, -0.25) is 0 Å².